The summed E-state index contributed by atoms with van der Waals surface area (Å²) >= 11 is 0. The molecule has 1 aliphatic rings. The van der Waals surface area contributed by atoms with Crippen LogP contribution < -0.4 is 15.4 Å². The second-order valence-electron chi connectivity index (χ2n) is 5.13. The van der Waals surface area contributed by atoms with Gasteiger partial charge in [0.1, 0.15) is 5.75 Å². The van der Waals surface area contributed by atoms with E-state index in [0.29, 0.717) is 17.1 Å². The van der Waals surface area contributed by atoms with Gasteiger partial charge in [0.2, 0.25) is 0 Å². The molecule has 0 spiro atoms. The van der Waals surface area contributed by atoms with Crippen LogP contribution in [0.1, 0.15) is 20.3 Å². The van der Waals surface area contributed by atoms with Crippen LogP contribution >= 0.6 is 0 Å². The number of nitrogens with two attached hydrogens (primary N) is 1. The van der Waals surface area contributed by atoms with Crippen molar-refractivity contribution >= 4 is 23.3 Å². The number of carbonyl (C=O) groups is 2. The van der Waals surface area contributed by atoms with Gasteiger partial charge in [-0.05, 0) is 32.0 Å². The van der Waals surface area contributed by atoms with E-state index in [-0.39, 0.29) is 18.9 Å². The standard InChI is InChI=1S/C13H16N2O4/c1-13(2,6-12(17)18)15-9-5-8(14)3-4-10(9)19-7-11(15)16/h3-5H,6-7,14H2,1-2H3,(H,17,18). The Kier molecular flexibility index (Phi) is 3.09. The number of anilines is 2. The topological polar surface area (TPSA) is 92.9 Å². The van der Waals surface area contributed by atoms with E-state index in [1.165, 1.54) is 4.90 Å². The summed E-state index contributed by atoms with van der Waals surface area (Å²) < 4.78 is 5.33. The zero-order chi connectivity index (χ0) is 14.2. The molecule has 19 heavy (non-hydrogen) atoms. The lowest BCUT2D eigenvalue weighted by atomic mass is 9.96. The van der Waals surface area contributed by atoms with Crippen LogP contribution in [-0.4, -0.2) is 29.1 Å². The molecule has 0 atom stereocenters. The number of nitrogen functional groups attached to an aromatic ring is 1. The molecule has 0 unspecified atom stereocenters. The van der Waals surface area contributed by atoms with Gasteiger partial charge in [0, 0.05) is 5.69 Å². The van der Waals surface area contributed by atoms with Crippen LogP contribution in [0.3, 0.4) is 0 Å². The highest BCUT2D eigenvalue weighted by Gasteiger charge is 2.38. The van der Waals surface area contributed by atoms with Gasteiger partial charge in [0.05, 0.1) is 17.6 Å². The average molecular weight is 264 g/mol. The fraction of sp³-hybridized carbons (Fsp3) is 0.385. The summed E-state index contributed by atoms with van der Waals surface area (Å²) in [6, 6.07) is 4.98. The highest BCUT2D eigenvalue weighted by atomic mass is 16.5. The number of rotatable bonds is 3. The Morgan fingerprint density at radius 1 is 1.53 bits per heavy atom. The minimum Gasteiger partial charge on any atom is -0.482 e. The minimum atomic E-state index is -0.963. The Labute approximate surface area is 110 Å². The van der Waals surface area contributed by atoms with Gasteiger partial charge in [-0.25, -0.2) is 0 Å². The third kappa shape index (κ3) is 2.47. The number of carbonyl (C=O) groups excluding carboxylic acids is 1. The average Bonchev–Trinajstić information content (AvgIpc) is 2.25. The molecule has 1 amide bonds. The molecule has 0 aliphatic carbocycles. The predicted molar refractivity (Wildman–Crippen MR) is 70.2 cm³/mol. The molecule has 1 aromatic carbocycles. The van der Waals surface area contributed by atoms with Crippen molar-refractivity contribution < 1.29 is 19.4 Å². The first-order chi connectivity index (χ1) is 8.81. The predicted octanol–water partition coefficient (Wildman–Crippen LogP) is 1.25. The van der Waals surface area contributed by atoms with Crippen molar-refractivity contribution in [2.24, 2.45) is 0 Å². The third-order valence-electron chi connectivity index (χ3n) is 3.01. The van der Waals surface area contributed by atoms with Gasteiger partial charge < -0.3 is 15.6 Å². The Bertz CT molecular complexity index is 539. The van der Waals surface area contributed by atoms with Crippen LogP contribution in [0.5, 0.6) is 5.75 Å². The van der Waals surface area contributed by atoms with Gasteiger partial charge in [-0.2, -0.15) is 0 Å². The van der Waals surface area contributed by atoms with Crippen molar-refractivity contribution in [1.29, 1.82) is 0 Å². The van der Waals surface area contributed by atoms with E-state index in [9.17, 15) is 9.59 Å². The maximum Gasteiger partial charge on any atom is 0.305 e. The number of aliphatic carboxylic acids is 1. The summed E-state index contributed by atoms with van der Waals surface area (Å²) in [6.45, 7) is 3.31. The summed E-state index contributed by atoms with van der Waals surface area (Å²) in [5.41, 5.74) is 5.88. The van der Waals surface area contributed by atoms with E-state index < -0.39 is 11.5 Å². The molecule has 1 aliphatic heterocycles. The van der Waals surface area contributed by atoms with E-state index in [1.54, 1.807) is 32.0 Å². The first-order valence-corrected chi connectivity index (χ1v) is 5.88. The molecule has 102 valence electrons. The minimum absolute atomic E-state index is 0.0973. The first-order valence-electron chi connectivity index (χ1n) is 5.88. The van der Waals surface area contributed by atoms with Crippen molar-refractivity contribution in [2.45, 2.75) is 25.8 Å². The molecule has 0 bridgehead atoms. The van der Waals surface area contributed by atoms with Crippen molar-refractivity contribution in [1.82, 2.24) is 0 Å². The van der Waals surface area contributed by atoms with E-state index in [2.05, 4.69) is 0 Å². The molecule has 3 N–H and O–H groups in total. The molecule has 0 radical (unpaired) electrons. The van der Waals surface area contributed by atoms with Crippen LogP contribution in [0.15, 0.2) is 18.2 Å². The zero-order valence-corrected chi connectivity index (χ0v) is 10.8. The van der Waals surface area contributed by atoms with Gasteiger partial charge in [-0.15, -0.1) is 0 Å². The van der Waals surface area contributed by atoms with Gasteiger partial charge in [-0.3, -0.25) is 14.5 Å². The normalized spacial score (nSPS) is 14.8. The monoisotopic (exact) mass is 264 g/mol. The van der Waals surface area contributed by atoms with Crippen LogP contribution in [-0.2, 0) is 9.59 Å². The highest BCUT2D eigenvalue weighted by Crippen LogP contribution is 2.38. The number of carboxylic acid groups (broad SMARTS) is 1. The van der Waals surface area contributed by atoms with Crippen LogP contribution in [0.4, 0.5) is 11.4 Å². The molecule has 1 heterocycles. The second kappa shape index (κ2) is 4.46. The van der Waals surface area contributed by atoms with E-state index in [0.717, 1.165) is 0 Å². The smallest absolute Gasteiger partial charge is 0.305 e. The summed E-state index contributed by atoms with van der Waals surface area (Å²) in [7, 11) is 0. The molecular formula is C13H16N2O4. The Morgan fingerprint density at radius 2 is 2.21 bits per heavy atom. The number of benzene rings is 1. The zero-order valence-electron chi connectivity index (χ0n) is 10.8. The second-order valence-corrected chi connectivity index (χ2v) is 5.13. The van der Waals surface area contributed by atoms with Crippen LogP contribution in [0.2, 0.25) is 0 Å². The molecular weight excluding hydrogens is 248 g/mol. The summed E-state index contributed by atoms with van der Waals surface area (Å²) in [5.74, 6) is -0.702. The molecule has 0 fully saturated rings. The Balaban J connectivity index is 2.48. The lowest BCUT2D eigenvalue weighted by Crippen LogP contribution is -2.53. The molecule has 0 saturated carbocycles. The number of ether oxygens (including phenoxy) is 1. The Morgan fingerprint density at radius 3 is 2.84 bits per heavy atom. The van der Waals surface area contributed by atoms with Gasteiger partial charge in [0.15, 0.2) is 6.61 Å². The number of nitrogens with zero attached hydrogens (tertiary/aromatic N) is 1. The van der Waals surface area contributed by atoms with Gasteiger partial charge in [-0.1, -0.05) is 0 Å². The Hall–Kier alpha value is -2.24. The summed E-state index contributed by atoms with van der Waals surface area (Å²) in [4.78, 5) is 24.5. The largest absolute Gasteiger partial charge is 0.482 e. The van der Waals surface area contributed by atoms with Crippen molar-refractivity contribution in [3.8, 4) is 5.75 Å². The molecule has 0 saturated heterocycles. The maximum atomic E-state index is 12.1. The van der Waals surface area contributed by atoms with Crippen molar-refractivity contribution in [2.75, 3.05) is 17.2 Å². The fourth-order valence-electron chi connectivity index (χ4n) is 2.28. The van der Waals surface area contributed by atoms with Crippen LogP contribution in [0.25, 0.3) is 0 Å². The number of hydrogen-bond acceptors (Lipinski definition) is 4. The fourth-order valence-corrected chi connectivity index (χ4v) is 2.28. The highest BCUT2D eigenvalue weighted by molar-refractivity contribution is 6.00. The summed E-state index contributed by atoms with van der Waals surface area (Å²) in [5, 5.41) is 8.97. The molecule has 2 rings (SSSR count). The van der Waals surface area contributed by atoms with Crippen molar-refractivity contribution in [3.63, 3.8) is 0 Å². The van der Waals surface area contributed by atoms with E-state index >= 15 is 0 Å². The van der Waals surface area contributed by atoms with Crippen LogP contribution in [0, 0.1) is 0 Å². The van der Waals surface area contributed by atoms with Gasteiger partial charge in [0.25, 0.3) is 5.91 Å². The lowest BCUT2D eigenvalue weighted by Gasteiger charge is -2.40. The molecule has 0 aromatic heterocycles. The number of amides is 1. The maximum absolute atomic E-state index is 12.1. The van der Waals surface area contributed by atoms with E-state index in [1.807, 2.05) is 0 Å². The summed E-state index contributed by atoms with van der Waals surface area (Å²) in [6.07, 6.45) is -0.160. The molecule has 6 nitrogen and oxygen atoms in total. The van der Waals surface area contributed by atoms with Gasteiger partial charge >= 0.3 is 5.97 Å². The quantitative estimate of drug-likeness (QED) is 0.801. The lowest BCUT2D eigenvalue weighted by molar-refractivity contribution is -0.138. The van der Waals surface area contributed by atoms with E-state index in [4.69, 9.17) is 15.6 Å². The molecule has 6 heteroatoms. The number of hydrogen-bond donors (Lipinski definition) is 2. The third-order valence-corrected chi connectivity index (χ3v) is 3.01. The molecule has 1 aromatic rings. The SMILES string of the molecule is CC(C)(CC(=O)O)N1C(=O)COc2ccc(N)cc21. The van der Waals surface area contributed by atoms with Crippen molar-refractivity contribution in [3.05, 3.63) is 18.2 Å². The first kappa shape index (κ1) is 13.2. The number of carboxylic acids is 1. The number of fused-ring (bicyclic) bond motifs is 1.